The van der Waals surface area contributed by atoms with Crippen molar-refractivity contribution in [3.8, 4) is 0 Å². The average molecular weight is 402 g/mol. The van der Waals surface area contributed by atoms with Gasteiger partial charge in [0.25, 0.3) is 5.91 Å². The largest absolute Gasteiger partial charge is 0.395 e. The van der Waals surface area contributed by atoms with Gasteiger partial charge in [0.2, 0.25) is 5.91 Å². The summed E-state index contributed by atoms with van der Waals surface area (Å²) in [5.74, 6) is 0.0833. The minimum absolute atomic E-state index is 0.0216. The molecule has 2 fully saturated rings. The first-order chi connectivity index (χ1) is 13.9. The van der Waals surface area contributed by atoms with E-state index in [0.717, 1.165) is 5.56 Å². The van der Waals surface area contributed by atoms with Crippen molar-refractivity contribution in [1.29, 1.82) is 0 Å². The molecule has 0 aliphatic carbocycles. The van der Waals surface area contributed by atoms with Gasteiger partial charge in [-0.25, -0.2) is 4.79 Å². The molecule has 1 spiro atoms. The fourth-order valence-corrected chi connectivity index (χ4v) is 4.36. The van der Waals surface area contributed by atoms with E-state index in [9.17, 15) is 19.5 Å². The summed E-state index contributed by atoms with van der Waals surface area (Å²) >= 11 is 0. The van der Waals surface area contributed by atoms with Crippen molar-refractivity contribution in [2.45, 2.75) is 45.1 Å². The van der Waals surface area contributed by atoms with Crippen molar-refractivity contribution < 1.29 is 19.5 Å². The van der Waals surface area contributed by atoms with Crippen molar-refractivity contribution in [3.63, 3.8) is 0 Å². The molecule has 0 atom stereocenters. The molecule has 0 bridgehead atoms. The summed E-state index contributed by atoms with van der Waals surface area (Å²) < 4.78 is 0. The van der Waals surface area contributed by atoms with Gasteiger partial charge in [0.15, 0.2) is 0 Å². The van der Waals surface area contributed by atoms with E-state index in [4.69, 9.17) is 0 Å². The van der Waals surface area contributed by atoms with Gasteiger partial charge in [0.05, 0.1) is 13.2 Å². The molecule has 1 N–H and O–H groups in total. The Kier molecular flexibility index (Phi) is 6.57. The monoisotopic (exact) mass is 401 g/mol. The molecule has 0 unspecified atom stereocenters. The van der Waals surface area contributed by atoms with Crippen molar-refractivity contribution in [1.82, 2.24) is 14.7 Å². The predicted molar refractivity (Wildman–Crippen MR) is 109 cm³/mol. The molecule has 0 aromatic heterocycles. The van der Waals surface area contributed by atoms with Crippen LogP contribution in [0.25, 0.3) is 0 Å². The van der Waals surface area contributed by atoms with E-state index in [1.807, 2.05) is 49.1 Å². The molecule has 1 aromatic rings. The Labute approximate surface area is 172 Å². The SMILES string of the molecule is CC(C)CN1C(=O)N(CCO)C(=O)C12CCN(C(=O)CCc1ccccc1)CC2. The highest BCUT2D eigenvalue weighted by atomic mass is 16.3. The summed E-state index contributed by atoms with van der Waals surface area (Å²) in [7, 11) is 0. The first-order valence-electron chi connectivity index (χ1n) is 10.4. The van der Waals surface area contributed by atoms with Gasteiger partial charge in [-0.3, -0.25) is 14.5 Å². The maximum atomic E-state index is 13.1. The quantitative estimate of drug-likeness (QED) is 0.708. The molecule has 0 saturated carbocycles. The van der Waals surface area contributed by atoms with E-state index >= 15 is 0 Å². The van der Waals surface area contributed by atoms with Crippen LogP contribution in [0, 0.1) is 5.92 Å². The first-order valence-corrected chi connectivity index (χ1v) is 10.4. The molecular weight excluding hydrogens is 370 g/mol. The van der Waals surface area contributed by atoms with Gasteiger partial charge in [-0.15, -0.1) is 0 Å². The number of carbonyl (C=O) groups excluding carboxylic acids is 3. The zero-order valence-electron chi connectivity index (χ0n) is 17.3. The van der Waals surface area contributed by atoms with Gasteiger partial charge < -0.3 is 14.9 Å². The number of aliphatic hydroxyl groups is 1. The lowest BCUT2D eigenvalue weighted by atomic mass is 9.85. The molecule has 158 valence electrons. The van der Waals surface area contributed by atoms with Crippen LogP contribution in [0.5, 0.6) is 0 Å². The highest BCUT2D eigenvalue weighted by Crippen LogP contribution is 2.38. The van der Waals surface area contributed by atoms with E-state index in [2.05, 4.69) is 0 Å². The number of piperidine rings is 1. The predicted octanol–water partition coefficient (Wildman–Crippen LogP) is 1.89. The number of urea groups is 1. The van der Waals surface area contributed by atoms with Crippen molar-refractivity contribution in [2.24, 2.45) is 5.92 Å². The number of hydrogen-bond acceptors (Lipinski definition) is 4. The molecule has 29 heavy (non-hydrogen) atoms. The number of imide groups is 1. The zero-order valence-corrected chi connectivity index (χ0v) is 17.3. The highest BCUT2D eigenvalue weighted by Gasteiger charge is 2.57. The Morgan fingerprint density at radius 2 is 1.79 bits per heavy atom. The Morgan fingerprint density at radius 1 is 1.14 bits per heavy atom. The van der Waals surface area contributed by atoms with E-state index in [1.165, 1.54) is 4.90 Å². The Morgan fingerprint density at radius 3 is 2.38 bits per heavy atom. The van der Waals surface area contributed by atoms with Crippen LogP contribution in [0.1, 0.15) is 38.7 Å². The van der Waals surface area contributed by atoms with Gasteiger partial charge in [0, 0.05) is 26.1 Å². The summed E-state index contributed by atoms with van der Waals surface area (Å²) in [4.78, 5) is 43.3. The second-order valence-electron chi connectivity index (χ2n) is 8.37. The third kappa shape index (κ3) is 4.29. The standard InChI is InChI=1S/C22H31N3O4/c1-17(2)16-25-21(29)24(14-15-26)20(28)22(25)10-12-23(13-11-22)19(27)9-8-18-6-4-3-5-7-18/h3-7,17,26H,8-16H2,1-2H3. The molecule has 3 rings (SSSR count). The lowest BCUT2D eigenvalue weighted by molar-refractivity contribution is -0.141. The van der Waals surface area contributed by atoms with Crippen molar-refractivity contribution in [3.05, 3.63) is 35.9 Å². The molecular formula is C22H31N3O4. The van der Waals surface area contributed by atoms with Crippen LogP contribution >= 0.6 is 0 Å². The van der Waals surface area contributed by atoms with E-state index in [0.29, 0.717) is 45.3 Å². The van der Waals surface area contributed by atoms with Crippen LogP contribution in [0.3, 0.4) is 0 Å². The number of aliphatic hydroxyl groups excluding tert-OH is 1. The lowest BCUT2D eigenvalue weighted by Gasteiger charge is -2.42. The Bertz CT molecular complexity index is 742. The van der Waals surface area contributed by atoms with Crippen LogP contribution in [0.15, 0.2) is 30.3 Å². The number of rotatable bonds is 7. The summed E-state index contributed by atoms with van der Waals surface area (Å²) in [5.41, 5.74) is 0.251. The Balaban J connectivity index is 1.66. The number of nitrogens with zero attached hydrogens (tertiary/aromatic N) is 3. The molecule has 2 heterocycles. The van der Waals surface area contributed by atoms with Gasteiger partial charge >= 0.3 is 6.03 Å². The van der Waals surface area contributed by atoms with Crippen LogP contribution in [-0.2, 0) is 16.0 Å². The second-order valence-corrected chi connectivity index (χ2v) is 8.37. The Hall–Kier alpha value is -2.41. The molecule has 4 amide bonds. The van der Waals surface area contributed by atoms with Crippen molar-refractivity contribution >= 4 is 17.8 Å². The number of amides is 4. The molecule has 1 aromatic carbocycles. The normalized spacial score (nSPS) is 19.0. The van der Waals surface area contributed by atoms with E-state index in [1.54, 1.807) is 4.90 Å². The molecule has 7 heteroatoms. The van der Waals surface area contributed by atoms with Gasteiger partial charge in [-0.1, -0.05) is 44.2 Å². The number of benzene rings is 1. The third-order valence-electron chi connectivity index (χ3n) is 5.91. The third-order valence-corrected chi connectivity index (χ3v) is 5.91. The summed E-state index contributed by atoms with van der Waals surface area (Å²) in [6.07, 6.45) is 2.03. The van der Waals surface area contributed by atoms with Gasteiger partial charge in [-0.05, 0) is 30.7 Å². The average Bonchev–Trinajstić information content (AvgIpc) is 2.90. The van der Waals surface area contributed by atoms with E-state index in [-0.39, 0.29) is 36.9 Å². The minimum Gasteiger partial charge on any atom is -0.395 e. The van der Waals surface area contributed by atoms with Gasteiger partial charge in [-0.2, -0.15) is 0 Å². The van der Waals surface area contributed by atoms with Crippen LogP contribution in [0.2, 0.25) is 0 Å². The van der Waals surface area contributed by atoms with Crippen LogP contribution in [0.4, 0.5) is 4.79 Å². The molecule has 7 nitrogen and oxygen atoms in total. The minimum atomic E-state index is -0.882. The van der Waals surface area contributed by atoms with E-state index < -0.39 is 5.54 Å². The number of aryl methyl sites for hydroxylation is 1. The zero-order chi connectivity index (χ0) is 21.0. The highest BCUT2D eigenvalue weighted by molar-refractivity contribution is 6.07. The molecule has 2 aliphatic rings. The lowest BCUT2D eigenvalue weighted by Crippen LogP contribution is -2.58. The fourth-order valence-electron chi connectivity index (χ4n) is 4.36. The van der Waals surface area contributed by atoms with Crippen LogP contribution in [-0.4, -0.2) is 76.0 Å². The van der Waals surface area contributed by atoms with Crippen molar-refractivity contribution in [2.75, 3.05) is 32.8 Å². The number of likely N-dealkylation sites (tertiary alicyclic amines) is 1. The molecule has 0 radical (unpaired) electrons. The first kappa shape index (κ1) is 21.3. The summed E-state index contributed by atoms with van der Waals surface area (Å²) in [5, 5.41) is 9.27. The second kappa shape index (κ2) is 8.95. The number of hydrogen-bond donors (Lipinski definition) is 1. The van der Waals surface area contributed by atoms with Crippen LogP contribution < -0.4 is 0 Å². The summed E-state index contributed by atoms with van der Waals surface area (Å²) in [6, 6.07) is 9.60. The topological polar surface area (TPSA) is 81.2 Å². The van der Waals surface area contributed by atoms with Gasteiger partial charge in [0.1, 0.15) is 5.54 Å². The molecule has 2 aliphatic heterocycles. The maximum Gasteiger partial charge on any atom is 0.327 e. The number of carbonyl (C=O) groups is 3. The fraction of sp³-hybridized carbons (Fsp3) is 0.591. The maximum absolute atomic E-state index is 13.1. The summed E-state index contributed by atoms with van der Waals surface area (Å²) in [6.45, 7) is 5.24. The number of β-amino-alcohol motifs (C(OH)–C–C–N with tert-alkyl or cyclic N) is 1. The smallest absolute Gasteiger partial charge is 0.327 e. The molecule has 2 saturated heterocycles.